The van der Waals surface area contributed by atoms with Crippen LogP contribution in [-0.2, 0) is 9.59 Å². The topological polar surface area (TPSA) is 346 Å². The number of hydrogen-bond acceptors (Lipinski definition) is 14. The molecular weight excluding hydrogens is 440 g/mol. The first kappa shape index (κ1) is 39.2. The van der Waals surface area contributed by atoms with Gasteiger partial charge in [-0.15, -0.1) is 0 Å². The molecule has 0 fully saturated rings. The van der Waals surface area contributed by atoms with Crippen molar-refractivity contribution in [3.63, 3.8) is 0 Å². The molecule has 29 heavy (non-hydrogen) atoms. The van der Waals surface area contributed by atoms with Crippen molar-refractivity contribution in [1.82, 2.24) is 0 Å². The first-order valence-electron chi connectivity index (χ1n) is 6.91. The maximum atomic E-state index is 9.98. The number of carbonyl (C=O) groups excluding carboxylic acids is 2. The average molecular weight is 466 g/mol. The SMILES string of the molecule is O.O.O=C([O-])[C@H](O)[C@@H](O)[C@H](O)[C@H](O)CO.O=C([O-])[C@H](O)[C@@H](O)[C@H](O)[C@H](O)CO.[Ca+2]. The summed E-state index contributed by atoms with van der Waals surface area (Å²) in [7, 11) is 0. The fourth-order valence-electron chi connectivity index (χ4n) is 1.32. The van der Waals surface area contributed by atoms with E-state index in [2.05, 4.69) is 0 Å². The van der Waals surface area contributed by atoms with Gasteiger partial charge in [-0.3, -0.25) is 0 Å². The van der Waals surface area contributed by atoms with Gasteiger partial charge in [-0.25, -0.2) is 0 Å². The van der Waals surface area contributed by atoms with E-state index in [1.807, 2.05) is 0 Å². The van der Waals surface area contributed by atoms with Crippen LogP contribution in [0.2, 0.25) is 0 Å². The molecule has 0 spiro atoms. The fourth-order valence-corrected chi connectivity index (χ4v) is 1.32. The van der Waals surface area contributed by atoms with E-state index in [1.54, 1.807) is 0 Å². The van der Waals surface area contributed by atoms with Gasteiger partial charge in [0.05, 0.1) is 25.2 Å². The minimum absolute atomic E-state index is 0. The molecule has 0 aromatic rings. The number of aliphatic hydroxyl groups is 10. The first-order valence-corrected chi connectivity index (χ1v) is 6.91. The van der Waals surface area contributed by atoms with Gasteiger partial charge in [0, 0.05) is 0 Å². The van der Waals surface area contributed by atoms with Crippen LogP contribution in [0.5, 0.6) is 0 Å². The van der Waals surface area contributed by atoms with Gasteiger partial charge in [-0.05, 0) is 0 Å². The van der Waals surface area contributed by atoms with Gasteiger partial charge in [0.25, 0.3) is 0 Å². The Bertz CT molecular complexity index is 387. The third kappa shape index (κ3) is 14.4. The number of carboxylic acid groups (broad SMARTS) is 2. The van der Waals surface area contributed by atoms with Crippen molar-refractivity contribution in [1.29, 1.82) is 0 Å². The van der Waals surface area contributed by atoms with Crippen LogP contribution >= 0.6 is 0 Å². The largest absolute Gasteiger partial charge is 2.00 e. The van der Waals surface area contributed by atoms with E-state index in [4.69, 9.17) is 51.1 Å². The van der Waals surface area contributed by atoms with E-state index in [-0.39, 0.29) is 48.7 Å². The number of aliphatic carboxylic acids is 2. The van der Waals surface area contributed by atoms with Crippen molar-refractivity contribution < 1.29 is 81.8 Å². The molecule has 0 rings (SSSR count). The molecule has 14 N–H and O–H groups in total. The number of hydrogen-bond donors (Lipinski definition) is 10. The predicted molar refractivity (Wildman–Crippen MR) is 85.2 cm³/mol. The molecule has 0 aliphatic carbocycles. The minimum atomic E-state index is -2.31. The number of carboxylic acids is 2. The zero-order chi connectivity index (χ0) is 21.2. The Balaban J connectivity index is -0.000000120. The molecule has 16 nitrogen and oxygen atoms in total. The summed E-state index contributed by atoms with van der Waals surface area (Å²) in [5.41, 5.74) is 0. The molecule has 8 atom stereocenters. The summed E-state index contributed by atoms with van der Waals surface area (Å²) in [5.74, 6) is -3.95. The Kier molecular flexibility index (Phi) is 26.6. The third-order valence-corrected chi connectivity index (χ3v) is 2.99. The second kappa shape index (κ2) is 19.7. The normalized spacial score (nSPS) is 18.3. The van der Waals surface area contributed by atoms with E-state index in [9.17, 15) is 19.8 Å². The quantitative estimate of drug-likeness (QED) is 0.134. The maximum Gasteiger partial charge on any atom is 2.00 e. The monoisotopic (exact) mass is 466 g/mol. The molecule has 0 heterocycles. The van der Waals surface area contributed by atoms with Crippen molar-refractivity contribution in [2.45, 2.75) is 48.8 Å². The van der Waals surface area contributed by atoms with E-state index < -0.39 is 74.0 Å². The molecule has 0 aromatic heterocycles. The van der Waals surface area contributed by atoms with E-state index >= 15 is 0 Å². The van der Waals surface area contributed by atoms with Gasteiger partial charge in [-0.1, -0.05) is 0 Å². The molecule has 17 heteroatoms. The second-order valence-corrected chi connectivity index (χ2v) is 4.99. The summed E-state index contributed by atoms with van der Waals surface area (Å²) < 4.78 is 0. The van der Waals surface area contributed by atoms with Crippen LogP contribution in [0, 0.1) is 0 Å². The van der Waals surface area contributed by atoms with E-state index in [0.29, 0.717) is 0 Å². The van der Waals surface area contributed by atoms with Crippen molar-refractivity contribution in [2.75, 3.05) is 13.2 Å². The molecular formula is C12H26CaO16. The molecule has 0 radical (unpaired) electrons. The zero-order valence-electron chi connectivity index (χ0n) is 14.8. The number of rotatable bonds is 10. The Labute approximate surface area is 193 Å². The van der Waals surface area contributed by atoms with Gasteiger partial charge in [0.15, 0.2) is 0 Å². The standard InChI is InChI=1S/2C6H12O7.Ca.2H2O/c2*7-1-2(8)3(9)4(10)5(11)6(12)13;;;/h2*2-5,7-11H,1H2,(H,12,13);;2*1H2/q;;+2;;/p-2/t2*2-,3-,4+,5-;;;/m11.../s1. The summed E-state index contributed by atoms with van der Waals surface area (Å²) in [6.07, 6.45) is -16.2. The van der Waals surface area contributed by atoms with Crippen molar-refractivity contribution in [3.05, 3.63) is 0 Å². The van der Waals surface area contributed by atoms with Crippen LogP contribution in [0.4, 0.5) is 0 Å². The number of carbonyl (C=O) groups is 2. The van der Waals surface area contributed by atoms with E-state index in [1.165, 1.54) is 0 Å². The Morgan fingerprint density at radius 1 is 0.586 bits per heavy atom. The predicted octanol–water partition coefficient (Wildman–Crippen LogP) is -11.7. The van der Waals surface area contributed by atoms with Crippen LogP contribution in [0.15, 0.2) is 0 Å². The molecule has 0 saturated carbocycles. The molecule has 0 unspecified atom stereocenters. The summed E-state index contributed by atoms with van der Waals surface area (Å²) in [6.45, 7) is -1.73. The molecule has 172 valence electrons. The Morgan fingerprint density at radius 2 is 0.793 bits per heavy atom. The van der Waals surface area contributed by atoms with Gasteiger partial charge >= 0.3 is 37.7 Å². The van der Waals surface area contributed by atoms with Gasteiger partial charge in [0.2, 0.25) is 0 Å². The molecule has 0 saturated heterocycles. The first-order chi connectivity index (χ1) is 11.8. The minimum Gasteiger partial charge on any atom is -0.547 e. The van der Waals surface area contributed by atoms with Crippen molar-refractivity contribution in [3.8, 4) is 0 Å². The van der Waals surface area contributed by atoms with Crippen LogP contribution in [-0.4, -0.2) is 174 Å². The zero-order valence-corrected chi connectivity index (χ0v) is 17.1. The smallest absolute Gasteiger partial charge is 0.547 e. The fraction of sp³-hybridized carbons (Fsp3) is 0.833. The third-order valence-electron chi connectivity index (χ3n) is 2.99. The van der Waals surface area contributed by atoms with Crippen LogP contribution in [0.3, 0.4) is 0 Å². The van der Waals surface area contributed by atoms with Crippen LogP contribution < -0.4 is 10.2 Å². The summed E-state index contributed by atoms with van der Waals surface area (Å²) >= 11 is 0. The average Bonchev–Trinajstić information content (AvgIpc) is 2.62. The van der Waals surface area contributed by atoms with Crippen LogP contribution in [0.1, 0.15) is 0 Å². The van der Waals surface area contributed by atoms with Gasteiger partial charge < -0.3 is 81.8 Å². The van der Waals surface area contributed by atoms with E-state index in [0.717, 1.165) is 0 Å². The maximum absolute atomic E-state index is 9.98. The molecule has 0 amide bonds. The molecule has 0 bridgehead atoms. The Hall–Kier alpha value is -0.280. The van der Waals surface area contributed by atoms with Crippen molar-refractivity contribution in [2.24, 2.45) is 0 Å². The van der Waals surface area contributed by atoms with Gasteiger partial charge in [-0.2, -0.15) is 0 Å². The number of aliphatic hydroxyl groups excluding tert-OH is 10. The molecule has 0 aliphatic heterocycles. The second-order valence-electron chi connectivity index (χ2n) is 4.99. The summed E-state index contributed by atoms with van der Waals surface area (Å²) in [5, 5.41) is 107. The molecule has 0 aliphatic rings. The Morgan fingerprint density at radius 3 is 0.931 bits per heavy atom. The summed E-state index contributed by atoms with van der Waals surface area (Å²) in [4.78, 5) is 20.0. The van der Waals surface area contributed by atoms with Gasteiger partial charge in [0.1, 0.15) is 48.8 Å². The van der Waals surface area contributed by atoms with Crippen molar-refractivity contribution >= 4 is 49.7 Å². The van der Waals surface area contributed by atoms with Crippen LogP contribution in [0.25, 0.3) is 0 Å². The summed E-state index contributed by atoms with van der Waals surface area (Å²) in [6, 6.07) is 0. The molecule has 0 aromatic carbocycles.